The number of aryl methyl sites for hydroxylation is 1. The minimum absolute atomic E-state index is 0. The highest BCUT2D eigenvalue weighted by molar-refractivity contribution is 7.15. The number of carbonyl (C=O) groups is 1. The van der Waals surface area contributed by atoms with Gasteiger partial charge in [-0.25, -0.2) is 0 Å². The average molecular weight is 251 g/mol. The quantitative estimate of drug-likeness (QED) is 0.845. The van der Waals surface area contributed by atoms with Gasteiger partial charge in [-0.1, -0.05) is 18.3 Å². The Balaban J connectivity index is 0.00000196. The zero-order valence-corrected chi connectivity index (χ0v) is 10.5. The van der Waals surface area contributed by atoms with E-state index >= 15 is 0 Å². The average Bonchev–Trinajstić information content (AvgIpc) is 2.50. The molecule has 1 rings (SSSR count). The van der Waals surface area contributed by atoms with E-state index in [0.717, 1.165) is 11.4 Å². The number of aromatic nitrogens is 2. The van der Waals surface area contributed by atoms with Gasteiger partial charge in [0, 0.05) is 0 Å². The van der Waals surface area contributed by atoms with Crippen molar-refractivity contribution in [3.8, 4) is 0 Å². The Morgan fingerprint density at radius 2 is 2.13 bits per heavy atom. The molecule has 0 fully saturated rings. The summed E-state index contributed by atoms with van der Waals surface area (Å²) in [5, 5.41) is 11.7. The van der Waals surface area contributed by atoms with Crippen LogP contribution in [-0.4, -0.2) is 21.6 Å². The van der Waals surface area contributed by atoms with Gasteiger partial charge in [0.1, 0.15) is 5.01 Å². The Kier molecular flexibility index (Phi) is 5.13. The van der Waals surface area contributed by atoms with Crippen molar-refractivity contribution < 1.29 is 4.79 Å². The number of hydrogen-bond donors (Lipinski definition) is 2. The highest BCUT2D eigenvalue weighted by Crippen LogP contribution is 2.16. The lowest BCUT2D eigenvalue weighted by molar-refractivity contribution is -0.120. The van der Waals surface area contributed by atoms with E-state index in [1.54, 1.807) is 13.8 Å². The SMILES string of the molecule is CCc1nnc(NC(=O)C(C)(C)N)s1.Cl. The summed E-state index contributed by atoms with van der Waals surface area (Å²) in [6, 6.07) is 0. The zero-order valence-electron chi connectivity index (χ0n) is 8.90. The van der Waals surface area contributed by atoms with Gasteiger partial charge in [0.25, 0.3) is 0 Å². The predicted octanol–water partition coefficient (Wildman–Crippen LogP) is 1.20. The highest BCUT2D eigenvalue weighted by Gasteiger charge is 2.22. The molecule has 15 heavy (non-hydrogen) atoms. The number of carbonyl (C=O) groups excluding carboxylic acids is 1. The Morgan fingerprint density at radius 3 is 2.53 bits per heavy atom. The van der Waals surface area contributed by atoms with Crippen LogP contribution in [0.5, 0.6) is 0 Å². The molecule has 1 aromatic heterocycles. The van der Waals surface area contributed by atoms with E-state index in [1.165, 1.54) is 11.3 Å². The molecule has 86 valence electrons. The largest absolute Gasteiger partial charge is 0.318 e. The van der Waals surface area contributed by atoms with Crippen LogP contribution in [0.1, 0.15) is 25.8 Å². The van der Waals surface area contributed by atoms with Crippen LogP contribution in [0.2, 0.25) is 0 Å². The number of nitrogens with zero attached hydrogens (tertiary/aromatic N) is 2. The minimum Gasteiger partial charge on any atom is -0.318 e. The number of anilines is 1. The van der Waals surface area contributed by atoms with Crippen LogP contribution in [0, 0.1) is 0 Å². The first kappa shape index (κ1) is 14.3. The Bertz CT molecular complexity index is 334. The molecule has 5 nitrogen and oxygen atoms in total. The van der Waals surface area contributed by atoms with E-state index in [-0.39, 0.29) is 18.3 Å². The standard InChI is InChI=1S/C8H14N4OS.ClH/c1-4-5-11-12-7(14-5)10-6(13)8(2,3)9;/h4,9H2,1-3H3,(H,10,12,13);1H. The van der Waals surface area contributed by atoms with Gasteiger partial charge < -0.3 is 5.73 Å². The van der Waals surface area contributed by atoms with Crippen LogP contribution < -0.4 is 11.1 Å². The summed E-state index contributed by atoms with van der Waals surface area (Å²) in [7, 11) is 0. The van der Waals surface area contributed by atoms with Gasteiger partial charge in [0.05, 0.1) is 5.54 Å². The second kappa shape index (κ2) is 5.39. The highest BCUT2D eigenvalue weighted by atomic mass is 35.5. The van der Waals surface area contributed by atoms with E-state index in [9.17, 15) is 4.79 Å². The van der Waals surface area contributed by atoms with Crippen molar-refractivity contribution in [1.29, 1.82) is 0 Å². The van der Waals surface area contributed by atoms with Crippen molar-refractivity contribution in [2.75, 3.05) is 5.32 Å². The fourth-order valence-corrected chi connectivity index (χ4v) is 1.38. The first-order valence-electron chi connectivity index (χ1n) is 4.36. The van der Waals surface area contributed by atoms with Crippen LogP contribution in [0.15, 0.2) is 0 Å². The molecule has 0 radical (unpaired) electrons. The number of rotatable bonds is 3. The molecule has 0 aliphatic rings. The van der Waals surface area contributed by atoms with Gasteiger partial charge in [0.15, 0.2) is 0 Å². The Morgan fingerprint density at radius 1 is 1.53 bits per heavy atom. The normalized spacial score (nSPS) is 10.7. The topological polar surface area (TPSA) is 80.9 Å². The van der Waals surface area contributed by atoms with Crippen LogP contribution in [0.3, 0.4) is 0 Å². The molecule has 0 saturated heterocycles. The first-order chi connectivity index (χ1) is 6.43. The monoisotopic (exact) mass is 250 g/mol. The zero-order chi connectivity index (χ0) is 10.8. The molecule has 0 aliphatic carbocycles. The lowest BCUT2D eigenvalue weighted by atomic mass is 10.1. The molecule has 1 amide bonds. The number of nitrogens with one attached hydrogen (secondary N) is 1. The summed E-state index contributed by atoms with van der Waals surface area (Å²) in [6.45, 7) is 5.27. The Labute approximate surface area is 98.9 Å². The smallest absolute Gasteiger partial charge is 0.245 e. The van der Waals surface area contributed by atoms with Crippen molar-refractivity contribution >= 4 is 34.8 Å². The number of amides is 1. The molecule has 0 bridgehead atoms. The van der Waals surface area contributed by atoms with Gasteiger partial charge in [-0.3, -0.25) is 10.1 Å². The van der Waals surface area contributed by atoms with Crippen LogP contribution in [0.4, 0.5) is 5.13 Å². The van der Waals surface area contributed by atoms with Crippen molar-refractivity contribution in [3.05, 3.63) is 5.01 Å². The molecule has 0 atom stereocenters. The molecule has 3 N–H and O–H groups in total. The van der Waals surface area contributed by atoms with Crippen molar-refractivity contribution in [2.24, 2.45) is 5.73 Å². The fourth-order valence-electron chi connectivity index (χ4n) is 0.705. The molecule has 0 unspecified atom stereocenters. The maximum absolute atomic E-state index is 11.4. The van der Waals surface area contributed by atoms with Gasteiger partial charge in [0.2, 0.25) is 11.0 Å². The summed E-state index contributed by atoms with van der Waals surface area (Å²) in [5.74, 6) is -0.253. The lowest BCUT2D eigenvalue weighted by Gasteiger charge is -2.15. The van der Waals surface area contributed by atoms with E-state index < -0.39 is 5.54 Å². The summed E-state index contributed by atoms with van der Waals surface area (Å²) >= 11 is 1.37. The van der Waals surface area contributed by atoms with E-state index in [0.29, 0.717) is 5.13 Å². The second-order valence-corrected chi connectivity index (χ2v) is 4.59. The third-order valence-electron chi connectivity index (χ3n) is 1.57. The molecule has 0 spiro atoms. The van der Waals surface area contributed by atoms with Crippen molar-refractivity contribution in [3.63, 3.8) is 0 Å². The summed E-state index contributed by atoms with van der Waals surface area (Å²) in [4.78, 5) is 11.4. The van der Waals surface area contributed by atoms with Crippen molar-refractivity contribution in [1.82, 2.24) is 10.2 Å². The predicted molar refractivity (Wildman–Crippen MR) is 63.4 cm³/mol. The van der Waals surface area contributed by atoms with E-state index in [4.69, 9.17) is 5.73 Å². The molecule has 1 heterocycles. The first-order valence-corrected chi connectivity index (χ1v) is 5.18. The second-order valence-electron chi connectivity index (χ2n) is 3.53. The van der Waals surface area contributed by atoms with Crippen LogP contribution in [-0.2, 0) is 11.2 Å². The number of hydrogen-bond acceptors (Lipinski definition) is 5. The molecule has 0 saturated carbocycles. The van der Waals surface area contributed by atoms with Gasteiger partial charge in [-0.05, 0) is 20.3 Å². The summed E-state index contributed by atoms with van der Waals surface area (Å²) in [5.41, 5.74) is 4.72. The van der Waals surface area contributed by atoms with E-state index in [2.05, 4.69) is 15.5 Å². The molecular weight excluding hydrogens is 236 g/mol. The number of halogens is 1. The van der Waals surface area contributed by atoms with Gasteiger partial charge in [-0.15, -0.1) is 22.6 Å². The third kappa shape index (κ3) is 4.11. The van der Waals surface area contributed by atoms with Gasteiger partial charge >= 0.3 is 0 Å². The Hall–Kier alpha value is -0.720. The minimum atomic E-state index is -0.891. The number of nitrogens with two attached hydrogens (primary N) is 1. The lowest BCUT2D eigenvalue weighted by Crippen LogP contribution is -2.45. The van der Waals surface area contributed by atoms with Crippen molar-refractivity contribution in [2.45, 2.75) is 32.7 Å². The molecule has 0 aromatic carbocycles. The maximum Gasteiger partial charge on any atom is 0.245 e. The molecule has 1 aromatic rings. The van der Waals surface area contributed by atoms with Crippen LogP contribution >= 0.6 is 23.7 Å². The molecular formula is C8H15ClN4OS. The molecule has 0 aliphatic heterocycles. The van der Waals surface area contributed by atoms with E-state index in [1.807, 2.05) is 6.92 Å². The summed E-state index contributed by atoms with van der Waals surface area (Å²) < 4.78 is 0. The molecule has 7 heteroatoms. The third-order valence-corrected chi connectivity index (χ3v) is 2.56. The van der Waals surface area contributed by atoms with Gasteiger partial charge in [-0.2, -0.15) is 0 Å². The fraction of sp³-hybridized carbons (Fsp3) is 0.625. The van der Waals surface area contributed by atoms with Crippen LogP contribution in [0.25, 0.3) is 0 Å². The summed E-state index contributed by atoms with van der Waals surface area (Å²) in [6.07, 6.45) is 0.819. The maximum atomic E-state index is 11.4.